The van der Waals surface area contributed by atoms with E-state index in [1.54, 1.807) is 12.1 Å². The maximum Gasteiger partial charge on any atom is 0.242 e. The van der Waals surface area contributed by atoms with Gasteiger partial charge in [0.1, 0.15) is 4.90 Å². The van der Waals surface area contributed by atoms with Crippen LogP contribution >= 0.6 is 0 Å². The van der Waals surface area contributed by atoms with Crippen LogP contribution in [0, 0.1) is 0 Å². The first kappa shape index (κ1) is 13.4. The second-order valence-corrected chi connectivity index (χ2v) is 6.32. The van der Waals surface area contributed by atoms with Crippen molar-refractivity contribution >= 4 is 15.7 Å². The molecule has 0 saturated carbocycles. The van der Waals surface area contributed by atoms with Gasteiger partial charge < -0.3 is 5.32 Å². The van der Waals surface area contributed by atoms with Gasteiger partial charge >= 0.3 is 0 Å². The molecule has 0 amide bonds. The van der Waals surface area contributed by atoms with E-state index in [-0.39, 0.29) is 0 Å². The van der Waals surface area contributed by atoms with E-state index in [1.807, 2.05) is 12.1 Å². The zero-order chi connectivity index (χ0) is 12.8. The van der Waals surface area contributed by atoms with Gasteiger partial charge in [0.2, 0.25) is 10.0 Å². The van der Waals surface area contributed by atoms with Crippen LogP contribution in [-0.4, -0.2) is 21.5 Å². The number of benzene rings is 1. The first-order chi connectivity index (χ1) is 8.70. The summed E-state index contributed by atoms with van der Waals surface area (Å²) in [6.45, 7) is 1.35. The van der Waals surface area contributed by atoms with Crippen LogP contribution in [0.2, 0.25) is 0 Å². The van der Waals surface area contributed by atoms with Gasteiger partial charge in [0, 0.05) is 13.1 Å². The van der Waals surface area contributed by atoms with E-state index in [2.05, 4.69) is 10.0 Å². The SMILES string of the molecule is O=S1(=O)NCCCCCCCNc2ccccc21. The summed E-state index contributed by atoms with van der Waals surface area (Å²) < 4.78 is 27.0. The molecule has 18 heavy (non-hydrogen) atoms. The minimum absolute atomic E-state index is 0.352. The van der Waals surface area contributed by atoms with Crippen LogP contribution in [0.4, 0.5) is 5.69 Å². The normalized spacial score (nSPS) is 20.9. The molecular formula is C13H20N2O2S. The summed E-state index contributed by atoms with van der Waals surface area (Å²) >= 11 is 0. The largest absolute Gasteiger partial charge is 0.384 e. The van der Waals surface area contributed by atoms with Gasteiger partial charge in [-0.3, -0.25) is 0 Å². The van der Waals surface area contributed by atoms with E-state index >= 15 is 0 Å². The molecule has 0 fully saturated rings. The first-order valence-electron chi connectivity index (χ1n) is 6.53. The van der Waals surface area contributed by atoms with Crippen LogP contribution in [0.3, 0.4) is 0 Å². The van der Waals surface area contributed by atoms with Crippen molar-refractivity contribution in [2.24, 2.45) is 0 Å². The van der Waals surface area contributed by atoms with Crippen molar-refractivity contribution in [3.63, 3.8) is 0 Å². The quantitative estimate of drug-likeness (QED) is 0.759. The number of anilines is 1. The number of para-hydroxylation sites is 1. The summed E-state index contributed by atoms with van der Waals surface area (Å²) in [5, 5.41) is 3.22. The lowest BCUT2D eigenvalue weighted by atomic mass is 10.1. The summed E-state index contributed by atoms with van der Waals surface area (Å²) in [5.74, 6) is 0. The van der Waals surface area contributed by atoms with Crippen molar-refractivity contribution in [2.75, 3.05) is 18.4 Å². The highest BCUT2D eigenvalue weighted by molar-refractivity contribution is 7.89. The molecule has 0 radical (unpaired) electrons. The predicted molar refractivity (Wildman–Crippen MR) is 73.2 cm³/mol. The van der Waals surface area contributed by atoms with Crippen molar-refractivity contribution in [2.45, 2.75) is 37.0 Å². The zero-order valence-electron chi connectivity index (χ0n) is 10.5. The van der Waals surface area contributed by atoms with E-state index in [1.165, 1.54) is 12.8 Å². The third-order valence-electron chi connectivity index (χ3n) is 3.14. The van der Waals surface area contributed by atoms with Crippen LogP contribution in [0.25, 0.3) is 0 Å². The van der Waals surface area contributed by atoms with Gasteiger partial charge in [-0.1, -0.05) is 31.4 Å². The Balaban J connectivity index is 2.25. The molecule has 0 aromatic heterocycles. The minimum atomic E-state index is -3.38. The average Bonchev–Trinajstić information content (AvgIpc) is 2.36. The number of nitrogens with one attached hydrogen (secondary N) is 2. The van der Waals surface area contributed by atoms with Crippen molar-refractivity contribution in [1.29, 1.82) is 0 Å². The smallest absolute Gasteiger partial charge is 0.242 e. The Hall–Kier alpha value is -1.07. The Morgan fingerprint density at radius 2 is 1.56 bits per heavy atom. The number of hydrogen-bond acceptors (Lipinski definition) is 3. The Labute approximate surface area is 109 Å². The van der Waals surface area contributed by atoms with Crippen molar-refractivity contribution in [3.05, 3.63) is 24.3 Å². The van der Waals surface area contributed by atoms with Gasteiger partial charge in [-0.05, 0) is 25.0 Å². The second kappa shape index (κ2) is 6.20. The van der Waals surface area contributed by atoms with Crippen molar-refractivity contribution < 1.29 is 8.42 Å². The van der Waals surface area contributed by atoms with Crippen molar-refractivity contribution in [3.8, 4) is 0 Å². The number of hydrogen-bond donors (Lipinski definition) is 2. The fourth-order valence-corrected chi connectivity index (χ4v) is 3.39. The topological polar surface area (TPSA) is 58.2 Å². The molecule has 1 aromatic rings. The van der Waals surface area contributed by atoms with Gasteiger partial charge in [0.15, 0.2) is 0 Å². The molecule has 2 N–H and O–H groups in total. The summed E-state index contributed by atoms with van der Waals surface area (Å²) in [6.07, 6.45) is 5.45. The highest BCUT2D eigenvalue weighted by atomic mass is 32.2. The van der Waals surface area contributed by atoms with Crippen molar-refractivity contribution in [1.82, 2.24) is 4.72 Å². The summed E-state index contributed by atoms with van der Waals surface area (Å²) in [7, 11) is -3.38. The maximum absolute atomic E-state index is 12.2. The third-order valence-corrected chi connectivity index (χ3v) is 4.66. The Morgan fingerprint density at radius 3 is 2.39 bits per heavy atom. The Bertz CT molecular complexity index is 486. The lowest BCUT2D eigenvalue weighted by Gasteiger charge is -2.14. The molecule has 5 heteroatoms. The van der Waals surface area contributed by atoms with Crippen LogP contribution in [0.1, 0.15) is 32.1 Å². The molecule has 1 aromatic carbocycles. The number of sulfonamides is 1. The molecule has 1 aliphatic heterocycles. The van der Waals surface area contributed by atoms with E-state index in [4.69, 9.17) is 0 Å². The molecule has 0 bridgehead atoms. The van der Waals surface area contributed by atoms with Crippen LogP contribution in [0.5, 0.6) is 0 Å². The van der Waals surface area contributed by atoms with E-state index in [0.29, 0.717) is 17.1 Å². The number of fused-ring (bicyclic) bond motifs is 1. The average molecular weight is 268 g/mol. The minimum Gasteiger partial charge on any atom is -0.384 e. The molecule has 0 aliphatic carbocycles. The molecule has 0 spiro atoms. The van der Waals surface area contributed by atoms with Gasteiger partial charge in [0.05, 0.1) is 5.69 Å². The van der Waals surface area contributed by atoms with E-state index < -0.39 is 10.0 Å². The summed E-state index contributed by atoms with van der Waals surface area (Å²) in [6, 6.07) is 7.08. The molecule has 0 atom stereocenters. The summed E-state index contributed by atoms with van der Waals surface area (Å²) in [5.41, 5.74) is 0.700. The summed E-state index contributed by atoms with van der Waals surface area (Å²) in [4.78, 5) is 0.352. The molecule has 2 rings (SSSR count). The standard InChI is InChI=1S/C13H20N2O2S/c16-18(17)13-9-5-4-8-12(13)14-10-6-2-1-3-7-11-15-18/h4-5,8-9,14-15H,1-3,6-7,10-11H2. The fraction of sp³-hybridized carbons (Fsp3) is 0.538. The molecule has 1 aliphatic rings. The molecule has 4 nitrogen and oxygen atoms in total. The van der Waals surface area contributed by atoms with Gasteiger partial charge in [0.25, 0.3) is 0 Å². The fourth-order valence-electron chi connectivity index (χ4n) is 2.13. The first-order valence-corrected chi connectivity index (χ1v) is 8.01. The lowest BCUT2D eigenvalue weighted by molar-refractivity contribution is 0.568. The monoisotopic (exact) mass is 268 g/mol. The zero-order valence-corrected chi connectivity index (χ0v) is 11.3. The molecule has 0 unspecified atom stereocenters. The van der Waals surface area contributed by atoms with Crippen LogP contribution in [-0.2, 0) is 10.0 Å². The van der Waals surface area contributed by atoms with E-state index in [0.717, 1.165) is 25.8 Å². The molecular weight excluding hydrogens is 248 g/mol. The highest BCUT2D eigenvalue weighted by Crippen LogP contribution is 2.21. The molecule has 1 heterocycles. The lowest BCUT2D eigenvalue weighted by Crippen LogP contribution is -2.26. The number of rotatable bonds is 0. The predicted octanol–water partition coefficient (Wildman–Crippen LogP) is 2.34. The van der Waals surface area contributed by atoms with E-state index in [9.17, 15) is 8.42 Å². The van der Waals surface area contributed by atoms with Gasteiger partial charge in [-0.25, -0.2) is 13.1 Å². The third kappa shape index (κ3) is 3.46. The molecule has 0 saturated heterocycles. The maximum atomic E-state index is 12.2. The second-order valence-electron chi connectivity index (χ2n) is 4.59. The Morgan fingerprint density at radius 1 is 0.889 bits per heavy atom. The highest BCUT2D eigenvalue weighted by Gasteiger charge is 2.17. The van der Waals surface area contributed by atoms with Crippen LogP contribution in [0.15, 0.2) is 29.2 Å². The Kier molecular flexibility index (Phi) is 4.60. The van der Waals surface area contributed by atoms with Gasteiger partial charge in [-0.15, -0.1) is 0 Å². The van der Waals surface area contributed by atoms with Crippen LogP contribution < -0.4 is 10.0 Å². The molecule has 100 valence electrons. The van der Waals surface area contributed by atoms with Gasteiger partial charge in [-0.2, -0.15) is 0 Å².